The fourth-order valence-corrected chi connectivity index (χ4v) is 2.61. The number of rotatable bonds is 3. The third-order valence-corrected chi connectivity index (χ3v) is 3.77. The number of hydrogen-bond acceptors (Lipinski definition) is 3. The minimum absolute atomic E-state index is 0.0400. The van der Waals surface area contributed by atoms with E-state index >= 15 is 0 Å². The number of amides is 1. The van der Waals surface area contributed by atoms with Crippen molar-refractivity contribution < 1.29 is 9.53 Å². The maximum Gasteiger partial charge on any atom is 0.253 e. The van der Waals surface area contributed by atoms with Gasteiger partial charge in [-0.05, 0) is 24.3 Å². The van der Waals surface area contributed by atoms with Crippen LogP contribution in [0.5, 0.6) is 5.75 Å². The Labute approximate surface area is 130 Å². The van der Waals surface area contributed by atoms with Crippen molar-refractivity contribution in [3.05, 3.63) is 51.8 Å². The lowest BCUT2D eigenvalue weighted by Crippen LogP contribution is -2.30. The fourth-order valence-electron chi connectivity index (χ4n) is 2.23. The number of carbonyl (C=O) groups excluding carboxylic acids is 1. The van der Waals surface area contributed by atoms with Gasteiger partial charge in [0.25, 0.3) is 5.91 Å². The Balaban J connectivity index is 1.79. The molecule has 2 aromatic rings. The van der Waals surface area contributed by atoms with Crippen molar-refractivity contribution in [2.45, 2.75) is 6.54 Å². The van der Waals surface area contributed by atoms with E-state index < -0.39 is 0 Å². The summed E-state index contributed by atoms with van der Waals surface area (Å²) in [6.45, 7) is 0.807. The van der Waals surface area contributed by atoms with Crippen molar-refractivity contribution in [1.82, 2.24) is 15.1 Å². The Morgan fingerprint density at radius 3 is 3.14 bits per heavy atom. The molecule has 2 heterocycles. The summed E-state index contributed by atoms with van der Waals surface area (Å²) in [5.74, 6) is 0.758. The molecule has 21 heavy (non-hydrogen) atoms. The highest BCUT2D eigenvalue weighted by molar-refractivity contribution is 9.10. The van der Waals surface area contributed by atoms with E-state index in [1.165, 1.54) is 0 Å². The van der Waals surface area contributed by atoms with Gasteiger partial charge in [-0.25, -0.2) is 0 Å². The molecule has 1 N–H and O–H groups in total. The zero-order valence-electron chi connectivity index (χ0n) is 11.5. The van der Waals surface area contributed by atoms with Gasteiger partial charge in [0.05, 0.1) is 11.8 Å². The van der Waals surface area contributed by atoms with Crippen LogP contribution in [0.2, 0.25) is 0 Å². The van der Waals surface area contributed by atoms with Crippen LogP contribution in [0, 0.1) is 0 Å². The number of likely N-dealkylation sites (N-methyl/N-ethyl adjacent to an activating group) is 1. The number of ether oxygens (including phenoxy) is 1. The molecule has 1 aromatic carbocycles. The number of nitrogens with one attached hydrogen (secondary N) is 1. The van der Waals surface area contributed by atoms with Gasteiger partial charge in [0.15, 0.2) is 0 Å². The summed E-state index contributed by atoms with van der Waals surface area (Å²) >= 11 is 3.43. The fraction of sp³-hybridized carbons (Fsp3) is 0.200. The highest BCUT2D eigenvalue weighted by atomic mass is 79.9. The molecular weight excluding hydrogens is 334 g/mol. The third-order valence-electron chi connectivity index (χ3n) is 3.28. The Bertz CT molecular complexity index is 695. The second-order valence-electron chi connectivity index (χ2n) is 4.91. The maximum absolute atomic E-state index is 12.5. The van der Waals surface area contributed by atoms with Crippen LogP contribution < -0.4 is 4.74 Å². The first kappa shape index (κ1) is 13.9. The van der Waals surface area contributed by atoms with Crippen LogP contribution >= 0.6 is 15.9 Å². The topological polar surface area (TPSA) is 58.2 Å². The minimum Gasteiger partial charge on any atom is -0.488 e. The summed E-state index contributed by atoms with van der Waals surface area (Å²) < 4.78 is 6.60. The number of fused-ring (bicyclic) bond motifs is 1. The van der Waals surface area contributed by atoms with Crippen LogP contribution in [-0.4, -0.2) is 34.7 Å². The smallest absolute Gasteiger partial charge is 0.253 e. The molecule has 0 bridgehead atoms. The summed E-state index contributed by atoms with van der Waals surface area (Å²) in [4.78, 5) is 14.1. The number of hydrogen-bond donors (Lipinski definition) is 1. The van der Waals surface area contributed by atoms with Gasteiger partial charge in [0.2, 0.25) is 0 Å². The van der Waals surface area contributed by atoms with Gasteiger partial charge in [-0.1, -0.05) is 15.9 Å². The molecule has 6 heteroatoms. The van der Waals surface area contributed by atoms with Gasteiger partial charge in [0.1, 0.15) is 12.4 Å². The molecule has 3 rings (SSSR count). The van der Waals surface area contributed by atoms with Crippen molar-refractivity contribution >= 4 is 27.9 Å². The number of halogens is 1. The molecule has 0 saturated carbocycles. The first-order valence-electron chi connectivity index (χ1n) is 6.49. The molecule has 0 unspecified atom stereocenters. The molecule has 1 aliphatic rings. The van der Waals surface area contributed by atoms with Gasteiger partial charge < -0.3 is 9.64 Å². The highest BCUT2D eigenvalue weighted by Gasteiger charge is 2.20. The molecule has 1 aliphatic heterocycles. The first-order valence-corrected chi connectivity index (χ1v) is 7.29. The Hall–Kier alpha value is -2.08. The van der Waals surface area contributed by atoms with E-state index in [0.29, 0.717) is 18.7 Å². The lowest BCUT2D eigenvalue weighted by molar-refractivity contribution is -0.126. The zero-order chi connectivity index (χ0) is 14.8. The molecule has 0 aliphatic carbocycles. The van der Waals surface area contributed by atoms with Crippen LogP contribution in [0.25, 0.3) is 6.08 Å². The van der Waals surface area contributed by atoms with Crippen molar-refractivity contribution in [3.8, 4) is 5.75 Å². The number of carbonyl (C=O) groups is 1. The molecule has 5 nitrogen and oxygen atoms in total. The minimum atomic E-state index is -0.0400. The summed E-state index contributed by atoms with van der Waals surface area (Å²) in [5, 5.41) is 6.62. The Morgan fingerprint density at radius 2 is 2.38 bits per heavy atom. The zero-order valence-corrected chi connectivity index (χ0v) is 13.1. The molecule has 0 atom stereocenters. The van der Waals surface area contributed by atoms with Crippen molar-refractivity contribution in [2.75, 3.05) is 13.7 Å². The molecule has 0 radical (unpaired) electrons. The van der Waals surface area contributed by atoms with Gasteiger partial charge >= 0.3 is 0 Å². The van der Waals surface area contributed by atoms with Gasteiger partial charge in [0, 0.05) is 35.4 Å². The van der Waals surface area contributed by atoms with E-state index in [1.807, 2.05) is 24.3 Å². The van der Waals surface area contributed by atoms with Crippen LogP contribution in [0.4, 0.5) is 0 Å². The maximum atomic E-state index is 12.5. The van der Waals surface area contributed by atoms with E-state index in [4.69, 9.17) is 4.74 Å². The van der Waals surface area contributed by atoms with Gasteiger partial charge in [-0.2, -0.15) is 5.10 Å². The lowest BCUT2D eigenvalue weighted by Gasteiger charge is -2.22. The van der Waals surface area contributed by atoms with Crippen LogP contribution in [0.15, 0.2) is 40.6 Å². The number of aromatic nitrogens is 2. The average molecular weight is 348 g/mol. The summed E-state index contributed by atoms with van der Waals surface area (Å²) in [6, 6.07) is 5.76. The van der Waals surface area contributed by atoms with E-state index in [-0.39, 0.29) is 5.91 Å². The molecule has 0 fully saturated rings. The van der Waals surface area contributed by atoms with Crippen LogP contribution in [-0.2, 0) is 11.3 Å². The molecule has 1 amide bonds. The van der Waals surface area contributed by atoms with E-state index in [9.17, 15) is 4.79 Å². The molecule has 1 aromatic heterocycles. The summed E-state index contributed by atoms with van der Waals surface area (Å²) in [6.07, 6.45) is 5.38. The van der Waals surface area contributed by atoms with Crippen molar-refractivity contribution in [3.63, 3.8) is 0 Å². The molecular formula is C15H14BrN3O2. The Morgan fingerprint density at radius 1 is 1.52 bits per heavy atom. The second kappa shape index (κ2) is 5.73. The monoisotopic (exact) mass is 347 g/mol. The van der Waals surface area contributed by atoms with E-state index in [0.717, 1.165) is 21.3 Å². The number of aromatic amines is 1. The van der Waals surface area contributed by atoms with Crippen molar-refractivity contribution in [1.29, 1.82) is 0 Å². The SMILES string of the molecule is CN(Cc1cn[nH]c1)C(=O)C1=Cc2cc(Br)ccc2OC1. The normalized spacial score (nSPS) is 13.1. The first-order chi connectivity index (χ1) is 10.1. The largest absolute Gasteiger partial charge is 0.488 e. The van der Waals surface area contributed by atoms with Crippen LogP contribution in [0.3, 0.4) is 0 Å². The summed E-state index contributed by atoms with van der Waals surface area (Å²) in [7, 11) is 1.77. The van der Waals surface area contributed by atoms with Gasteiger partial charge in [-0.15, -0.1) is 0 Å². The third kappa shape index (κ3) is 3.00. The second-order valence-corrected chi connectivity index (χ2v) is 5.82. The molecule has 0 saturated heterocycles. The molecule has 0 spiro atoms. The predicted octanol–water partition coefficient (Wildman–Crippen LogP) is 2.61. The Kier molecular flexibility index (Phi) is 3.79. The highest BCUT2D eigenvalue weighted by Crippen LogP contribution is 2.29. The van der Waals surface area contributed by atoms with E-state index in [1.54, 1.807) is 24.3 Å². The number of benzene rings is 1. The summed E-state index contributed by atoms with van der Waals surface area (Å²) in [5.41, 5.74) is 2.52. The van der Waals surface area contributed by atoms with Crippen molar-refractivity contribution in [2.24, 2.45) is 0 Å². The molecule has 108 valence electrons. The van der Waals surface area contributed by atoms with Crippen LogP contribution in [0.1, 0.15) is 11.1 Å². The standard InChI is InChI=1S/C15H14BrN3O2/c1-19(8-10-6-17-18-7-10)15(20)12-4-11-5-13(16)2-3-14(11)21-9-12/h2-7H,8-9H2,1H3,(H,17,18). The van der Waals surface area contributed by atoms with E-state index in [2.05, 4.69) is 26.1 Å². The lowest BCUT2D eigenvalue weighted by atomic mass is 10.1. The predicted molar refractivity (Wildman–Crippen MR) is 82.7 cm³/mol. The number of nitrogens with zero attached hydrogens (tertiary/aromatic N) is 2. The quantitative estimate of drug-likeness (QED) is 0.928. The van der Waals surface area contributed by atoms with Gasteiger partial charge in [-0.3, -0.25) is 9.89 Å². The average Bonchev–Trinajstić information content (AvgIpc) is 2.98. The number of H-pyrrole nitrogens is 1.